The molecule has 0 unspecified atom stereocenters. The fourth-order valence-corrected chi connectivity index (χ4v) is 2.51. The second-order valence-corrected chi connectivity index (χ2v) is 6.33. The zero-order valence-electron chi connectivity index (χ0n) is 15.1. The number of nitrogens with one attached hydrogen (secondary N) is 1. The summed E-state index contributed by atoms with van der Waals surface area (Å²) < 4.78 is 11.7. The van der Waals surface area contributed by atoms with E-state index < -0.39 is 11.5 Å². The molecule has 1 heterocycles. The van der Waals surface area contributed by atoms with Gasteiger partial charge in [-0.1, -0.05) is 23.7 Å². The third-order valence-electron chi connectivity index (χ3n) is 3.71. The molecule has 2 aromatic rings. The molecule has 0 saturated heterocycles. The maximum absolute atomic E-state index is 12.4. The number of aromatic nitrogens is 2. The largest absolute Gasteiger partial charge is 0.497 e. The molecular weight excluding hydrogens is 374 g/mol. The molecule has 8 nitrogen and oxygen atoms in total. The Morgan fingerprint density at radius 3 is 2.70 bits per heavy atom. The van der Waals surface area contributed by atoms with Crippen molar-refractivity contribution in [3.05, 3.63) is 51.4 Å². The zero-order chi connectivity index (χ0) is 19.8. The molecule has 0 saturated carbocycles. The summed E-state index contributed by atoms with van der Waals surface area (Å²) in [5, 5.41) is 15.8. The molecule has 1 aromatic carbocycles. The minimum Gasteiger partial charge on any atom is -0.497 e. The number of carbonyl (C=O) groups is 1. The van der Waals surface area contributed by atoms with Gasteiger partial charge in [0.25, 0.3) is 5.56 Å². The number of ether oxygens (including phenoxy) is 2. The number of carboxylic acid groups (broad SMARTS) is 1. The van der Waals surface area contributed by atoms with Crippen LogP contribution in [0, 0.1) is 0 Å². The SMILES string of the molecule is COc1ccc(Cn2ncc(N[C@@H](C)COCCC(=O)O)c(Cl)c2=O)cc1. The second-order valence-electron chi connectivity index (χ2n) is 5.95. The van der Waals surface area contributed by atoms with E-state index in [1.807, 2.05) is 31.2 Å². The summed E-state index contributed by atoms with van der Waals surface area (Å²) >= 11 is 6.18. The van der Waals surface area contributed by atoms with Crippen LogP contribution in [0.4, 0.5) is 5.69 Å². The first-order chi connectivity index (χ1) is 12.9. The summed E-state index contributed by atoms with van der Waals surface area (Å²) in [6.45, 7) is 2.52. The fourth-order valence-electron chi connectivity index (χ4n) is 2.31. The summed E-state index contributed by atoms with van der Waals surface area (Å²) in [5.74, 6) is -0.181. The minimum absolute atomic E-state index is 0.0379. The van der Waals surface area contributed by atoms with Crippen LogP contribution >= 0.6 is 11.6 Å². The van der Waals surface area contributed by atoms with Crippen LogP contribution in [0.15, 0.2) is 35.3 Å². The summed E-state index contributed by atoms with van der Waals surface area (Å²) in [6.07, 6.45) is 1.43. The highest BCUT2D eigenvalue weighted by atomic mass is 35.5. The van der Waals surface area contributed by atoms with Gasteiger partial charge in [-0.2, -0.15) is 5.10 Å². The molecule has 1 aromatic heterocycles. The van der Waals surface area contributed by atoms with Crippen LogP contribution in [0.3, 0.4) is 0 Å². The molecule has 2 rings (SSSR count). The van der Waals surface area contributed by atoms with Crippen LogP contribution in [0.1, 0.15) is 18.9 Å². The zero-order valence-corrected chi connectivity index (χ0v) is 15.9. The van der Waals surface area contributed by atoms with E-state index in [-0.39, 0.29) is 37.2 Å². The molecule has 0 aliphatic heterocycles. The first-order valence-electron chi connectivity index (χ1n) is 8.35. The highest BCUT2D eigenvalue weighted by molar-refractivity contribution is 6.32. The van der Waals surface area contributed by atoms with E-state index in [2.05, 4.69) is 10.4 Å². The fraction of sp³-hybridized carbons (Fsp3) is 0.389. The Morgan fingerprint density at radius 1 is 1.37 bits per heavy atom. The van der Waals surface area contributed by atoms with Crippen molar-refractivity contribution in [2.24, 2.45) is 0 Å². The highest BCUT2D eigenvalue weighted by Crippen LogP contribution is 2.17. The van der Waals surface area contributed by atoms with Crippen LogP contribution in [-0.2, 0) is 16.1 Å². The lowest BCUT2D eigenvalue weighted by Crippen LogP contribution is -2.28. The maximum atomic E-state index is 12.4. The van der Waals surface area contributed by atoms with Gasteiger partial charge in [-0.15, -0.1) is 0 Å². The van der Waals surface area contributed by atoms with Gasteiger partial charge in [0.15, 0.2) is 0 Å². The van der Waals surface area contributed by atoms with E-state index in [9.17, 15) is 9.59 Å². The molecular formula is C18H22ClN3O5. The third kappa shape index (κ3) is 6.26. The van der Waals surface area contributed by atoms with Crippen LogP contribution in [0.2, 0.25) is 5.02 Å². The summed E-state index contributed by atoms with van der Waals surface area (Å²) in [7, 11) is 1.59. The number of halogens is 1. The number of hydrogen-bond acceptors (Lipinski definition) is 6. The molecule has 1 atom stereocenters. The lowest BCUT2D eigenvalue weighted by molar-refractivity contribution is -0.138. The summed E-state index contributed by atoms with van der Waals surface area (Å²) in [5.41, 5.74) is 0.890. The topological polar surface area (TPSA) is 103 Å². The Labute approximate surface area is 161 Å². The van der Waals surface area contributed by atoms with Gasteiger partial charge < -0.3 is 19.9 Å². The van der Waals surface area contributed by atoms with E-state index in [4.69, 9.17) is 26.2 Å². The Morgan fingerprint density at radius 2 is 2.07 bits per heavy atom. The van der Waals surface area contributed by atoms with Gasteiger partial charge in [0, 0.05) is 6.04 Å². The van der Waals surface area contributed by atoms with Gasteiger partial charge in [-0.3, -0.25) is 9.59 Å². The molecule has 0 fully saturated rings. The third-order valence-corrected chi connectivity index (χ3v) is 4.07. The molecule has 0 radical (unpaired) electrons. The molecule has 0 aliphatic rings. The van der Waals surface area contributed by atoms with Crippen molar-refractivity contribution in [1.29, 1.82) is 0 Å². The van der Waals surface area contributed by atoms with Crippen molar-refractivity contribution in [3.8, 4) is 5.75 Å². The number of aliphatic carboxylic acids is 1. The number of methoxy groups -OCH3 is 1. The van der Waals surface area contributed by atoms with Gasteiger partial charge in [-0.25, -0.2) is 4.68 Å². The van der Waals surface area contributed by atoms with E-state index in [0.717, 1.165) is 11.3 Å². The van der Waals surface area contributed by atoms with Gasteiger partial charge in [0.1, 0.15) is 10.8 Å². The first-order valence-corrected chi connectivity index (χ1v) is 8.73. The van der Waals surface area contributed by atoms with Crippen LogP contribution in [0.25, 0.3) is 0 Å². The average molecular weight is 396 g/mol. The van der Waals surface area contributed by atoms with Crippen molar-refractivity contribution in [2.45, 2.75) is 25.9 Å². The number of rotatable bonds is 10. The van der Waals surface area contributed by atoms with Crippen molar-refractivity contribution in [1.82, 2.24) is 9.78 Å². The van der Waals surface area contributed by atoms with Crippen molar-refractivity contribution >= 4 is 23.3 Å². The number of anilines is 1. The molecule has 0 amide bonds. The average Bonchev–Trinajstić information content (AvgIpc) is 2.65. The van der Waals surface area contributed by atoms with Gasteiger partial charge in [0.2, 0.25) is 0 Å². The highest BCUT2D eigenvalue weighted by Gasteiger charge is 2.12. The first kappa shape index (κ1) is 20.7. The predicted octanol–water partition coefficient (Wildman–Crippen LogP) is 2.25. The van der Waals surface area contributed by atoms with Crippen molar-refractivity contribution in [2.75, 3.05) is 25.6 Å². The van der Waals surface area contributed by atoms with E-state index in [0.29, 0.717) is 5.69 Å². The Bertz CT molecular complexity index is 823. The predicted molar refractivity (Wildman–Crippen MR) is 102 cm³/mol. The lowest BCUT2D eigenvalue weighted by atomic mass is 10.2. The van der Waals surface area contributed by atoms with E-state index >= 15 is 0 Å². The molecule has 2 N–H and O–H groups in total. The second kappa shape index (κ2) is 9.94. The van der Waals surface area contributed by atoms with Crippen molar-refractivity contribution < 1.29 is 19.4 Å². The minimum atomic E-state index is -0.914. The normalized spacial score (nSPS) is 11.8. The molecule has 0 spiro atoms. The number of hydrogen-bond donors (Lipinski definition) is 2. The van der Waals surface area contributed by atoms with Crippen LogP contribution in [-0.4, -0.2) is 47.2 Å². The van der Waals surface area contributed by atoms with E-state index in [1.165, 1.54) is 10.9 Å². The summed E-state index contributed by atoms with van der Waals surface area (Å²) in [4.78, 5) is 22.9. The van der Waals surface area contributed by atoms with Gasteiger partial charge >= 0.3 is 5.97 Å². The Hall–Kier alpha value is -2.58. The molecule has 146 valence electrons. The molecule has 0 bridgehead atoms. The van der Waals surface area contributed by atoms with Crippen molar-refractivity contribution in [3.63, 3.8) is 0 Å². The summed E-state index contributed by atoms with van der Waals surface area (Å²) in [6, 6.07) is 7.15. The molecule has 27 heavy (non-hydrogen) atoms. The van der Waals surface area contributed by atoms with Gasteiger partial charge in [0.05, 0.1) is 45.2 Å². The Balaban J connectivity index is 1.98. The van der Waals surface area contributed by atoms with E-state index in [1.54, 1.807) is 7.11 Å². The number of benzene rings is 1. The molecule has 9 heteroatoms. The van der Waals surface area contributed by atoms with Crippen LogP contribution in [0.5, 0.6) is 5.75 Å². The standard InChI is InChI=1S/C18H22ClN3O5/c1-12(11-27-8-7-16(23)24)21-15-9-20-22(18(25)17(15)19)10-13-3-5-14(26-2)6-4-13/h3-6,9,12,21H,7-8,10-11H2,1-2H3,(H,23,24)/t12-/m0/s1. The number of nitrogens with zero attached hydrogens (tertiary/aromatic N) is 2. The maximum Gasteiger partial charge on any atom is 0.305 e. The molecule has 0 aliphatic carbocycles. The quantitative estimate of drug-likeness (QED) is 0.594. The monoisotopic (exact) mass is 395 g/mol. The van der Waals surface area contributed by atoms with Crippen LogP contribution < -0.4 is 15.6 Å². The van der Waals surface area contributed by atoms with Gasteiger partial charge in [-0.05, 0) is 24.6 Å². The smallest absolute Gasteiger partial charge is 0.305 e. The number of carboxylic acids is 1. The Kier molecular flexibility index (Phi) is 7.63. The lowest BCUT2D eigenvalue weighted by Gasteiger charge is -2.16.